The van der Waals surface area contributed by atoms with Crippen LogP contribution in [0.5, 0.6) is 0 Å². The minimum atomic E-state index is -0.818. The lowest BCUT2D eigenvalue weighted by Crippen LogP contribution is -2.49. The molecule has 0 spiro atoms. The van der Waals surface area contributed by atoms with Crippen molar-refractivity contribution in [3.05, 3.63) is 0 Å². The Labute approximate surface area is 95.6 Å². The van der Waals surface area contributed by atoms with Gasteiger partial charge in [0.25, 0.3) is 0 Å². The molecule has 0 aromatic rings. The number of carboxylic acids is 1. The number of hydrogen-bond donors (Lipinski definition) is 2. The maximum absolute atomic E-state index is 11.9. The Kier molecular flexibility index (Phi) is 4.73. The highest BCUT2D eigenvalue weighted by Gasteiger charge is 2.29. The highest BCUT2D eigenvalue weighted by molar-refractivity contribution is 5.82. The summed E-state index contributed by atoms with van der Waals surface area (Å²) in [6.07, 6.45) is 2.93. The van der Waals surface area contributed by atoms with Crippen LogP contribution >= 0.6 is 0 Å². The molecule has 1 fully saturated rings. The summed E-state index contributed by atoms with van der Waals surface area (Å²) in [6.45, 7) is 2.93. The van der Waals surface area contributed by atoms with Crippen molar-refractivity contribution < 1.29 is 14.7 Å². The topological polar surface area (TPSA) is 83.6 Å². The standard InChI is InChI=1S/C11H20N2O3/c1-2-4-9(12)10(14)13-6-3-5-8(7-13)11(15)16/h8-9H,2-7,12H2,1H3,(H,15,16)/t8-,9-/m1/s1. The van der Waals surface area contributed by atoms with Crippen LogP contribution in [0.25, 0.3) is 0 Å². The van der Waals surface area contributed by atoms with E-state index in [1.54, 1.807) is 4.90 Å². The van der Waals surface area contributed by atoms with Crippen LogP contribution in [0.1, 0.15) is 32.6 Å². The van der Waals surface area contributed by atoms with Crippen LogP contribution in [0.3, 0.4) is 0 Å². The highest BCUT2D eigenvalue weighted by atomic mass is 16.4. The van der Waals surface area contributed by atoms with Crippen molar-refractivity contribution in [1.82, 2.24) is 4.90 Å². The van der Waals surface area contributed by atoms with Gasteiger partial charge in [-0.2, -0.15) is 0 Å². The summed E-state index contributed by atoms with van der Waals surface area (Å²) in [5.74, 6) is -1.35. The molecule has 0 aliphatic carbocycles. The molecule has 0 radical (unpaired) electrons. The third-order valence-corrected chi connectivity index (χ3v) is 3.00. The number of carbonyl (C=O) groups is 2. The van der Waals surface area contributed by atoms with Gasteiger partial charge in [0, 0.05) is 13.1 Å². The molecule has 0 bridgehead atoms. The third-order valence-electron chi connectivity index (χ3n) is 3.00. The summed E-state index contributed by atoms with van der Waals surface area (Å²) in [5.41, 5.74) is 5.74. The first-order valence-electron chi connectivity index (χ1n) is 5.83. The second-order valence-corrected chi connectivity index (χ2v) is 4.36. The average Bonchev–Trinajstić information content (AvgIpc) is 2.28. The van der Waals surface area contributed by atoms with Crippen molar-refractivity contribution in [1.29, 1.82) is 0 Å². The molecular weight excluding hydrogens is 208 g/mol. The molecule has 0 aromatic carbocycles. The van der Waals surface area contributed by atoms with E-state index in [1.165, 1.54) is 0 Å². The molecule has 3 N–H and O–H groups in total. The van der Waals surface area contributed by atoms with Crippen molar-refractivity contribution >= 4 is 11.9 Å². The smallest absolute Gasteiger partial charge is 0.308 e. The Morgan fingerprint density at radius 1 is 1.56 bits per heavy atom. The fourth-order valence-corrected chi connectivity index (χ4v) is 2.05. The molecule has 1 saturated heterocycles. The van der Waals surface area contributed by atoms with E-state index in [2.05, 4.69) is 0 Å². The Morgan fingerprint density at radius 3 is 2.81 bits per heavy atom. The summed E-state index contributed by atoms with van der Waals surface area (Å²) < 4.78 is 0. The van der Waals surface area contributed by atoms with Crippen LogP contribution in [0, 0.1) is 5.92 Å². The van der Waals surface area contributed by atoms with Crippen LogP contribution in [0.15, 0.2) is 0 Å². The highest BCUT2D eigenvalue weighted by Crippen LogP contribution is 2.17. The Hall–Kier alpha value is -1.10. The second-order valence-electron chi connectivity index (χ2n) is 4.36. The molecule has 92 valence electrons. The third kappa shape index (κ3) is 3.20. The Morgan fingerprint density at radius 2 is 2.25 bits per heavy atom. The lowest BCUT2D eigenvalue weighted by molar-refractivity contribution is -0.146. The van der Waals surface area contributed by atoms with E-state index in [1.807, 2.05) is 6.92 Å². The molecule has 5 heteroatoms. The molecule has 5 nitrogen and oxygen atoms in total. The molecule has 0 saturated carbocycles. The van der Waals surface area contributed by atoms with Crippen molar-refractivity contribution in [2.75, 3.05) is 13.1 Å². The van der Waals surface area contributed by atoms with E-state index in [-0.39, 0.29) is 5.91 Å². The lowest BCUT2D eigenvalue weighted by Gasteiger charge is -2.32. The fourth-order valence-electron chi connectivity index (χ4n) is 2.05. The molecule has 1 aliphatic rings. The van der Waals surface area contributed by atoms with E-state index in [4.69, 9.17) is 10.8 Å². The van der Waals surface area contributed by atoms with E-state index >= 15 is 0 Å². The zero-order valence-corrected chi connectivity index (χ0v) is 9.69. The van der Waals surface area contributed by atoms with Gasteiger partial charge < -0.3 is 15.7 Å². The zero-order chi connectivity index (χ0) is 12.1. The number of carbonyl (C=O) groups excluding carboxylic acids is 1. The van der Waals surface area contributed by atoms with Crippen LogP contribution in [0.4, 0.5) is 0 Å². The average molecular weight is 228 g/mol. The number of piperidine rings is 1. The Bertz CT molecular complexity index is 268. The maximum atomic E-state index is 11.9. The largest absolute Gasteiger partial charge is 0.481 e. The SMILES string of the molecule is CCC[C@@H](N)C(=O)N1CCC[C@@H](C(=O)O)C1. The van der Waals surface area contributed by atoms with Gasteiger partial charge in [0.15, 0.2) is 0 Å². The van der Waals surface area contributed by atoms with Gasteiger partial charge in [0.2, 0.25) is 5.91 Å². The van der Waals surface area contributed by atoms with Crippen LogP contribution in [-0.4, -0.2) is 41.0 Å². The van der Waals surface area contributed by atoms with Crippen molar-refractivity contribution in [2.24, 2.45) is 11.7 Å². The number of carboxylic acid groups (broad SMARTS) is 1. The normalized spacial score (nSPS) is 22.9. The molecule has 0 unspecified atom stereocenters. The summed E-state index contributed by atoms with van der Waals surface area (Å²) in [7, 11) is 0. The summed E-state index contributed by atoms with van der Waals surface area (Å²) >= 11 is 0. The number of nitrogens with zero attached hydrogens (tertiary/aromatic N) is 1. The molecule has 2 atom stereocenters. The van der Waals surface area contributed by atoms with Gasteiger partial charge in [0.1, 0.15) is 0 Å². The van der Waals surface area contributed by atoms with Gasteiger partial charge in [-0.15, -0.1) is 0 Å². The fraction of sp³-hybridized carbons (Fsp3) is 0.818. The first kappa shape index (κ1) is 13.0. The summed E-state index contributed by atoms with van der Waals surface area (Å²) in [5, 5.41) is 8.91. The van der Waals surface area contributed by atoms with Crippen molar-refractivity contribution in [2.45, 2.75) is 38.6 Å². The van der Waals surface area contributed by atoms with Crippen molar-refractivity contribution in [3.8, 4) is 0 Å². The summed E-state index contributed by atoms with van der Waals surface area (Å²) in [6, 6.07) is -0.474. The number of hydrogen-bond acceptors (Lipinski definition) is 3. The quantitative estimate of drug-likeness (QED) is 0.731. The Balaban J connectivity index is 2.53. The van der Waals surface area contributed by atoms with E-state index in [0.29, 0.717) is 25.9 Å². The van der Waals surface area contributed by atoms with Crippen LogP contribution in [0.2, 0.25) is 0 Å². The van der Waals surface area contributed by atoms with Crippen LogP contribution < -0.4 is 5.73 Å². The molecule has 16 heavy (non-hydrogen) atoms. The van der Waals surface area contributed by atoms with Crippen molar-refractivity contribution in [3.63, 3.8) is 0 Å². The first-order valence-corrected chi connectivity index (χ1v) is 5.83. The van der Waals surface area contributed by atoms with Gasteiger partial charge in [-0.1, -0.05) is 13.3 Å². The summed E-state index contributed by atoms with van der Waals surface area (Å²) in [4.78, 5) is 24.3. The number of rotatable bonds is 4. The predicted octanol–water partition coefficient (Wildman–Crippen LogP) is 0.437. The van der Waals surface area contributed by atoms with Gasteiger partial charge >= 0.3 is 5.97 Å². The maximum Gasteiger partial charge on any atom is 0.308 e. The minimum Gasteiger partial charge on any atom is -0.481 e. The van der Waals surface area contributed by atoms with Gasteiger partial charge in [-0.25, -0.2) is 0 Å². The lowest BCUT2D eigenvalue weighted by atomic mass is 9.97. The first-order chi connectivity index (χ1) is 7.56. The molecular formula is C11H20N2O3. The van der Waals surface area contributed by atoms with Gasteiger partial charge in [0.05, 0.1) is 12.0 Å². The van der Waals surface area contributed by atoms with Gasteiger partial charge in [-0.05, 0) is 19.3 Å². The molecule has 1 aliphatic heterocycles. The second kappa shape index (κ2) is 5.84. The predicted molar refractivity (Wildman–Crippen MR) is 59.8 cm³/mol. The minimum absolute atomic E-state index is 0.104. The number of amides is 1. The molecule has 1 amide bonds. The van der Waals surface area contributed by atoms with Crippen LogP contribution in [-0.2, 0) is 9.59 Å². The van der Waals surface area contributed by atoms with E-state index < -0.39 is 17.9 Å². The van der Waals surface area contributed by atoms with E-state index in [9.17, 15) is 9.59 Å². The zero-order valence-electron chi connectivity index (χ0n) is 9.69. The van der Waals surface area contributed by atoms with Gasteiger partial charge in [-0.3, -0.25) is 9.59 Å². The molecule has 1 heterocycles. The molecule has 0 aromatic heterocycles. The van der Waals surface area contributed by atoms with E-state index in [0.717, 1.165) is 12.8 Å². The molecule has 1 rings (SSSR count). The number of aliphatic carboxylic acids is 1. The number of nitrogens with two attached hydrogens (primary N) is 1. The monoisotopic (exact) mass is 228 g/mol. The number of likely N-dealkylation sites (tertiary alicyclic amines) is 1.